The third-order valence-corrected chi connectivity index (χ3v) is 11.0. The summed E-state index contributed by atoms with van der Waals surface area (Å²) in [5.74, 6) is 1.99. The van der Waals surface area contributed by atoms with E-state index in [4.69, 9.17) is 15.0 Å². The number of nitrogens with zero attached hydrogens (tertiary/aromatic N) is 3. The lowest BCUT2D eigenvalue weighted by Crippen LogP contribution is -2.32. The van der Waals surface area contributed by atoms with Crippen LogP contribution in [0.2, 0.25) is 0 Å². The van der Waals surface area contributed by atoms with Crippen LogP contribution in [-0.2, 0) is 5.41 Å². The highest BCUT2D eigenvalue weighted by Gasteiger charge is 2.50. The molecule has 2 heterocycles. The number of fused-ring (bicyclic) bond motifs is 10. The van der Waals surface area contributed by atoms with Crippen LogP contribution in [0, 0.1) is 0 Å². The molecule has 0 saturated carbocycles. The zero-order valence-electron chi connectivity index (χ0n) is 25.8. The van der Waals surface area contributed by atoms with Gasteiger partial charge in [-0.2, -0.15) is 0 Å². The highest BCUT2D eigenvalue weighted by atomic mass is 32.2. The average Bonchev–Trinajstić information content (AvgIpc) is 3.45. The molecule has 48 heavy (non-hydrogen) atoms. The summed E-state index contributed by atoms with van der Waals surface area (Å²) in [6.45, 7) is 0. The first-order valence-electron chi connectivity index (χ1n) is 16.2. The second-order valence-corrected chi connectivity index (χ2v) is 13.4. The topological polar surface area (TPSA) is 38.7 Å². The molecule has 1 aromatic heterocycles. The van der Waals surface area contributed by atoms with E-state index in [1.165, 1.54) is 43.2 Å². The van der Waals surface area contributed by atoms with Gasteiger partial charge in [-0.1, -0.05) is 157 Å². The molecule has 0 unspecified atom stereocenters. The molecule has 0 fully saturated rings. The molecular weight excluding hydrogens is 603 g/mol. The molecule has 1 aliphatic heterocycles. The van der Waals surface area contributed by atoms with E-state index >= 15 is 0 Å². The van der Waals surface area contributed by atoms with Crippen LogP contribution >= 0.6 is 11.8 Å². The molecule has 4 heteroatoms. The smallest absolute Gasteiger partial charge is 0.164 e. The van der Waals surface area contributed by atoms with Crippen molar-refractivity contribution in [2.75, 3.05) is 0 Å². The summed E-state index contributed by atoms with van der Waals surface area (Å²) in [7, 11) is 0. The minimum Gasteiger partial charge on any atom is -0.208 e. The van der Waals surface area contributed by atoms with E-state index in [2.05, 4.69) is 146 Å². The highest BCUT2D eigenvalue weighted by Crippen LogP contribution is 2.62. The van der Waals surface area contributed by atoms with Gasteiger partial charge in [0.1, 0.15) is 0 Å². The van der Waals surface area contributed by atoms with Gasteiger partial charge in [0.05, 0.1) is 5.41 Å². The molecule has 0 saturated heterocycles. The van der Waals surface area contributed by atoms with E-state index < -0.39 is 5.41 Å². The SMILES string of the molecule is c1ccc(-c2nc(-c3ccc4c(c3)C3(c5ccccc5S4)c4ccccc4-c4ccccc43)nc(-c3cccc4ccccc34)n2)cc1. The minimum atomic E-state index is -0.464. The Bertz CT molecular complexity index is 2510. The maximum absolute atomic E-state index is 5.22. The summed E-state index contributed by atoms with van der Waals surface area (Å²) in [6.07, 6.45) is 0. The van der Waals surface area contributed by atoms with Crippen molar-refractivity contribution in [2.45, 2.75) is 15.2 Å². The van der Waals surface area contributed by atoms with Crippen molar-refractivity contribution in [3.8, 4) is 45.3 Å². The van der Waals surface area contributed by atoms with Crippen molar-refractivity contribution in [1.29, 1.82) is 0 Å². The van der Waals surface area contributed by atoms with Crippen molar-refractivity contribution < 1.29 is 0 Å². The van der Waals surface area contributed by atoms with E-state index in [1.807, 2.05) is 30.0 Å². The van der Waals surface area contributed by atoms with E-state index in [0.29, 0.717) is 17.5 Å². The number of hydrogen-bond acceptors (Lipinski definition) is 4. The maximum Gasteiger partial charge on any atom is 0.164 e. The summed E-state index contributed by atoms with van der Waals surface area (Å²) in [5, 5.41) is 2.27. The first-order valence-corrected chi connectivity index (χ1v) is 17.0. The monoisotopic (exact) mass is 629 g/mol. The van der Waals surface area contributed by atoms with Crippen LogP contribution in [0.3, 0.4) is 0 Å². The van der Waals surface area contributed by atoms with E-state index in [9.17, 15) is 0 Å². The third kappa shape index (κ3) is 3.93. The molecule has 10 rings (SSSR count). The second kappa shape index (κ2) is 10.6. The van der Waals surface area contributed by atoms with Crippen LogP contribution in [0.4, 0.5) is 0 Å². The molecule has 0 bridgehead atoms. The number of hydrogen-bond donors (Lipinski definition) is 0. The Labute approximate surface area is 283 Å². The molecular formula is C44H27N3S. The summed E-state index contributed by atoms with van der Waals surface area (Å²) in [5.41, 5.74) is 10.2. The van der Waals surface area contributed by atoms with E-state index in [1.54, 1.807) is 0 Å². The van der Waals surface area contributed by atoms with Gasteiger partial charge < -0.3 is 0 Å². The molecule has 1 aliphatic carbocycles. The average molecular weight is 630 g/mol. The lowest BCUT2D eigenvalue weighted by Gasteiger charge is -2.39. The van der Waals surface area contributed by atoms with Gasteiger partial charge in [0.25, 0.3) is 0 Å². The first-order chi connectivity index (χ1) is 23.8. The normalized spacial score (nSPS) is 13.5. The highest BCUT2D eigenvalue weighted by molar-refractivity contribution is 7.99. The molecule has 224 valence electrons. The molecule has 2 aliphatic rings. The second-order valence-electron chi connectivity index (χ2n) is 12.3. The van der Waals surface area contributed by atoms with Crippen LogP contribution in [0.15, 0.2) is 174 Å². The zero-order valence-corrected chi connectivity index (χ0v) is 26.7. The lowest BCUT2D eigenvalue weighted by atomic mass is 9.67. The Balaban J connectivity index is 1.25. The molecule has 7 aromatic carbocycles. The van der Waals surface area contributed by atoms with E-state index in [0.717, 1.165) is 27.5 Å². The van der Waals surface area contributed by atoms with Crippen molar-refractivity contribution in [3.05, 3.63) is 186 Å². The molecule has 8 aromatic rings. The Morgan fingerprint density at radius 3 is 1.73 bits per heavy atom. The van der Waals surface area contributed by atoms with Crippen LogP contribution in [0.1, 0.15) is 22.3 Å². The largest absolute Gasteiger partial charge is 0.208 e. The molecule has 3 nitrogen and oxygen atoms in total. The van der Waals surface area contributed by atoms with Gasteiger partial charge in [0, 0.05) is 26.5 Å². The number of rotatable bonds is 3. The standard InChI is InChI=1S/C44H27N3S/c1-2-14-29(15-3-1)41-45-42(47-43(46-41)34-20-12-16-28-13-4-5-17-31(28)34)30-25-26-40-38(27-30)44(37-23-10-11-24-39(37)48-40)35-21-8-6-18-32(35)33-19-7-9-22-36(33)44/h1-27H. The van der Waals surface area contributed by atoms with Crippen molar-refractivity contribution >= 4 is 22.5 Å². The van der Waals surface area contributed by atoms with Crippen molar-refractivity contribution in [1.82, 2.24) is 15.0 Å². The molecule has 1 spiro atoms. The van der Waals surface area contributed by atoms with Gasteiger partial charge >= 0.3 is 0 Å². The molecule has 0 N–H and O–H groups in total. The molecule has 0 radical (unpaired) electrons. The fraction of sp³-hybridized carbons (Fsp3) is 0.0227. The van der Waals surface area contributed by atoms with Gasteiger partial charge in [-0.15, -0.1) is 0 Å². The Kier molecular flexibility index (Phi) is 6.02. The van der Waals surface area contributed by atoms with Crippen LogP contribution in [0.25, 0.3) is 56.1 Å². The Morgan fingerprint density at radius 1 is 0.375 bits per heavy atom. The Morgan fingerprint density at radius 2 is 0.938 bits per heavy atom. The predicted molar refractivity (Wildman–Crippen MR) is 195 cm³/mol. The summed E-state index contributed by atoms with van der Waals surface area (Å²) in [4.78, 5) is 18.0. The van der Waals surface area contributed by atoms with Crippen LogP contribution < -0.4 is 0 Å². The van der Waals surface area contributed by atoms with Crippen molar-refractivity contribution in [2.24, 2.45) is 0 Å². The number of aromatic nitrogens is 3. The fourth-order valence-corrected chi connectivity index (χ4v) is 8.93. The van der Waals surface area contributed by atoms with Gasteiger partial charge in [0.15, 0.2) is 17.5 Å². The van der Waals surface area contributed by atoms with E-state index in [-0.39, 0.29) is 0 Å². The summed E-state index contributed by atoms with van der Waals surface area (Å²) in [6, 6.07) is 58.4. The molecule has 0 atom stereocenters. The zero-order chi connectivity index (χ0) is 31.7. The first kappa shape index (κ1) is 27.3. The Hall–Kier alpha value is -5.84. The van der Waals surface area contributed by atoms with Gasteiger partial charge in [-0.3, -0.25) is 0 Å². The van der Waals surface area contributed by atoms with Gasteiger partial charge in [-0.25, -0.2) is 15.0 Å². The third-order valence-electron chi connectivity index (χ3n) is 9.80. The minimum absolute atomic E-state index is 0.464. The summed E-state index contributed by atoms with van der Waals surface area (Å²) >= 11 is 1.84. The maximum atomic E-state index is 5.22. The van der Waals surface area contributed by atoms with Crippen molar-refractivity contribution in [3.63, 3.8) is 0 Å². The fourth-order valence-electron chi connectivity index (χ4n) is 7.76. The number of benzene rings is 7. The molecule has 0 amide bonds. The van der Waals surface area contributed by atoms with Crippen LogP contribution in [-0.4, -0.2) is 15.0 Å². The quantitative estimate of drug-likeness (QED) is 0.195. The lowest BCUT2D eigenvalue weighted by molar-refractivity contribution is 0.722. The predicted octanol–water partition coefficient (Wildman–Crippen LogP) is 10.9. The van der Waals surface area contributed by atoms with Crippen LogP contribution in [0.5, 0.6) is 0 Å². The van der Waals surface area contributed by atoms with Gasteiger partial charge in [-0.05, 0) is 62.4 Å². The summed E-state index contributed by atoms with van der Waals surface area (Å²) < 4.78 is 0. The van der Waals surface area contributed by atoms with Gasteiger partial charge in [0.2, 0.25) is 0 Å².